The molecule has 0 saturated heterocycles. The second-order valence-corrected chi connectivity index (χ2v) is 4.33. The molecule has 2 N–H and O–H groups in total. The van der Waals surface area contributed by atoms with Crippen LogP contribution in [-0.4, -0.2) is 30.3 Å². The van der Waals surface area contributed by atoms with Crippen molar-refractivity contribution in [2.75, 3.05) is 13.2 Å². The molecule has 0 bridgehead atoms. The van der Waals surface area contributed by atoms with Crippen LogP contribution < -0.4 is 5.32 Å². The Labute approximate surface area is 112 Å². The van der Waals surface area contributed by atoms with E-state index in [4.69, 9.17) is 16.3 Å². The van der Waals surface area contributed by atoms with Gasteiger partial charge in [0.25, 0.3) is 0 Å². The third-order valence-corrected chi connectivity index (χ3v) is 2.81. The molecule has 0 spiro atoms. The topological polar surface area (TPSA) is 58.6 Å². The van der Waals surface area contributed by atoms with Gasteiger partial charge in [0.2, 0.25) is 5.91 Å². The number of nitrogens with one attached hydrogen (secondary N) is 1. The summed E-state index contributed by atoms with van der Waals surface area (Å²) in [6.45, 7) is 3.80. The molecule has 0 heterocycles. The van der Waals surface area contributed by atoms with Crippen LogP contribution >= 0.6 is 11.6 Å². The van der Waals surface area contributed by atoms with Crippen LogP contribution in [0.15, 0.2) is 24.3 Å². The van der Waals surface area contributed by atoms with Gasteiger partial charge < -0.3 is 15.2 Å². The number of aliphatic hydroxyl groups is 1. The summed E-state index contributed by atoms with van der Waals surface area (Å²) in [4.78, 5) is 11.8. The maximum Gasteiger partial charge on any atom is 0.249 e. The van der Waals surface area contributed by atoms with Crippen LogP contribution in [0.4, 0.5) is 0 Å². The molecule has 0 fully saturated rings. The summed E-state index contributed by atoms with van der Waals surface area (Å²) in [6.07, 6.45) is -0.531. The Morgan fingerprint density at radius 1 is 1.44 bits per heavy atom. The van der Waals surface area contributed by atoms with Crippen LogP contribution in [0.1, 0.15) is 25.5 Å². The van der Waals surface area contributed by atoms with Crippen molar-refractivity contribution < 1.29 is 14.6 Å². The molecule has 1 aromatic rings. The van der Waals surface area contributed by atoms with Gasteiger partial charge in [0, 0.05) is 11.6 Å². The van der Waals surface area contributed by atoms with Gasteiger partial charge in [-0.1, -0.05) is 23.7 Å². The van der Waals surface area contributed by atoms with Gasteiger partial charge in [-0.25, -0.2) is 0 Å². The van der Waals surface area contributed by atoms with E-state index >= 15 is 0 Å². The van der Waals surface area contributed by atoms with Gasteiger partial charge in [-0.2, -0.15) is 0 Å². The molecule has 5 heteroatoms. The van der Waals surface area contributed by atoms with Crippen molar-refractivity contribution in [1.29, 1.82) is 0 Å². The average molecular weight is 272 g/mol. The lowest BCUT2D eigenvalue weighted by Gasteiger charge is -2.19. The average Bonchev–Trinajstić information content (AvgIpc) is 2.37. The molecule has 4 nitrogen and oxygen atoms in total. The Bertz CT molecular complexity index is 380. The van der Waals surface area contributed by atoms with Crippen molar-refractivity contribution in [2.45, 2.75) is 26.0 Å². The molecule has 18 heavy (non-hydrogen) atoms. The number of halogens is 1. The first kappa shape index (κ1) is 15.0. The van der Waals surface area contributed by atoms with Crippen LogP contribution in [0.2, 0.25) is 5.02 Å². The van der Waals surface area contributed by atoms with E-state index in [-0.39, 0.29) is 12.5 Å². The normalized spacial score (nSPS) is 14.0. The molecule has 100 valence electrons. The second-order valence-electron chi connectivity index (χ2n) is 3.89. The zero-order valence-corrected chi connectivity index (χ0v) is 11.3. The standard InChI is InChI=1S/C13H18ClNO3/c1-3-18-9(2)13(17)15-12(8-16)10-4-6-11(14)7-5-10/h4-7,9,12,16H,3,8H2,1-2H3,(H,15,17). The van der Waals surface area contributed by atoms with Crippen molar-refractivity contribution in [3.63, 3.8) is 0 Å². The van der Waals surface area contributed by atoms with Gasteiger partial charge >= 0.3 is 0 Å². The predicted octanol–water partition coefficient (Wildman–Crippen LogP) is 1.91. The highest BCUT2D eigenvalue weighted by Crippen LogP contribution is 2.16. The fraction of sp³-hybridized carbons (Fsp3) is 0.462. The molecule has 2 unspecified atom stereocenters. The molecule has 1 amide bonds. The summed E-state index contributed by atoms with van der Waals surface area (Å²) in [5, 5.41) is 12.7. The molecule has 0 aliphatic rings. The number of amides is 1. The highest BCUT2D eigenvalue weighted by molar-refractivity contribution is 6.30. The minimum Gasteiger partial charge on any atom is -0.394 e. The second kappa shape index (κ2) is 7.36. The highest BCUT2D eigenvalue weighted by Gasteiger charge is 2.18. The Morgan fingerprint density at radius 2 is 2.06 bits per heavy atom. The molecular formula is C13H18ClNO3. The Morgan fingerprint density at radius 3 is 2.56 bits per heavy atom. The number of hydrogen-bond donors (Lipinski definition) is 2. The number of ether oxygens (including phenoxy) is 1. The minimum absolute atomic E-state index is 0.174. The lowest BCUT2D eigenvalue weighted by Crippen LogP contribution is -2.38. The SMILES string of the molecule is CCOC(C)C(=O)NC(CO)c1ccc(Cl)cc1. The van der Waals surface area contributed by atoms with Crippen LogP contribution in [0.25, 0.3) is 0 Å². The van der Waals surface area contributed by atoms with Gasteiger partial charge in [0.05, 0.1) is 12.6 Å². The number of rotatable bonds is 6. The first-order valence-corrected chi connectivity index (χ1v) is 6.24. The van der Waals surface area contributed by atoms with E-state index in [1.54, 1.807) is 31.2 Å². The lowest BCUT2D eigenvalue weighted by atomic mass is 10.1. The Hall–Kier alpha value is -1.10. The Balaban J connectivity index is 2.67. The van der Waals surface area contributed by atoms with Gasteiger partial charge in [-0.15, -0.1) is 0 Å². The van der Waals surface area contributed by atoms with Gasteiger partial charge in [0.1, 0.15) is 6.10 Å². The number of benzene rings is 1. The number of carbonyl (C=O) groups is 1. The Kier molecular flexibility index (Phi) is 6.12. The fourth-order valence-corrected chi connectivity index (χ4v) is 1.67. The van der Waals surface area contributed by atoms with Crippen LogP contribution in [0.5, 0.6) is 0 Å². The first-order valence-electron chi connectivity index (χ1n) is 5.86. The summed E-state index contributed by atoms with van der Waals surface area (Å²) in [5.74, 6) is -0.245. The highest BCUT2D eigenvalue weighted by atomic mass is 35.5. The third-order valence-electron chi connectivity index (χ3n) is 2.56. The zero-order valence-electron chi connectivity index (χ0n) is 10.5. The summed E-state index contributed by atoms with van der Waals surface area (Å²) in [5.41, 5.74) is 0.805. The van der Waals surface area contributed by atoms with Gasteiger partial charge in [0.15, 0.2) is 0 Å². The number of aliphatic hydroxyl groups excluding tert-OH is 1. The van der Waals surface area contributed by atoms with Gasteiger partial charge in [-0.3, -0.25) is 4.79 Å². The molecule has 0 aliphatic carbocycles. The number of hydrogen-bond acceptors (Lipinski definition) is 3. The monoisotopic (exact) mass is 271 g/mol. The van der Waals surface area contributed by atoms with Crippen molar-refractivity contribution in [3.05, 3.63) is 34.9 Å². The van der Waals surface area contributed by atoms with Crippen LogP contribution in [0, 0.1) is 0 Å². The third kappa shape index (κ3) is 4.29. The van der Waals surface area contributed by atoms with E-state index in [2.05, 4.69) is 5.32 Å². The minimum atomic E-state index is -0.531. The lowest BCUT2D eigenvalue weighted by molar-refractivity contribution is -0.132. The molecule has 0 radical (unpaired) electrons. The first-order chi connectivity index (χ1) is 8.58. The van der Waals surface area contributed by atoms with E-state index in [0.29, 0.717) is 11.6 Å². The van der Waals surface area contributed by atoms with Crippen LogP contribution in [-0.2, 0) is 9.53 Å². The summed E-state index contributed by atoms with van der Waals surface area (Å²) in [6, 6.07) is 6.54. The molecule has 0 aromatic heterocycles. The molecule has 0 saturated carbocycles. The maximum absolute atomic E-state index is 11.8. The van der Waals surface area contributed by atoms with E-state index < -0.39 is 12.1 Å². The van der Waals surface area contributed by atoms with Crippen molar-refractivity contribution in [1.82, 2.24) is 5.32 Å². The van der Waals surface area contributed by atoms with Crippen LogP contribution in [0.3, 0.4) is 0 Å². The van der Waals surface area contributed by atoms with E-state index in [1.165, 1.54) is 0 Å². The largest absolute Gasteiger partial charge is 0.394 e. The molecule has 0 aliphatic heterocycles. The summed E-state index contributed by atoms with van der Waals surface area (Å²) < 4.78 is 5.19. The van der Waals surface area contributed by atoms with Crippen molar-refractivity contribution in [3.8, 4) is 0 Å². The molecule has 1 aromatic carbocycles. The zero-order chi connectivity index (χ0) is 13.5. The van der Waals surface area contributed by atoms with E-state index in [1.807, 2.05) is 6.92 Å². The molecule has 1 rings (SSSR count). The summed E-state index contributed by atoms with van der Waals surface area (Å²) in [7, 11) is 0. The van der Waals surface area contributed by atoms with E-state index in [9.17, 15) is 9.90 Å². The van der Waals surface area contributed by atoms with Gasteiger partial charge in [-0.05, 0) is 31.5 Å². The maximum atomic E-state index is 11.8. The fourth-order valence-electron chi connectivity index (χ4n) is 1.54. The smallest absolute Gasteiger partial charge is 0.249 e. The van der Waals surface area contributed by atoms with Crippen molar-refractivity contribution in [2.24, 2.45) is 0 Å². The summed E-state index contributed by atoms with van der Waals surface area (Å²) >= 11 is 5.79. The predicted molar refractivity (Wildman–Crippen MR) is 70.5 cm³/mol. The quantitative estimate of drug-likeness (QED) is 0.831. The van der Waals surface area contributed by atoms with E-state index in [0.717, 1.165) is 5.56 Å². The van der Waals surface area contributed by atoms with Crippen molar-refractivity contribution >= 4 is 17.5 Å². The number of carbonyl (C=O) groups excluding carboxylic acids is 1. The molecule has 2 atom stereocenters. The molecular weight excluding hydrogens is 254 g/mol.